The molecule has 2 aliphatic rings. The van der Waals surface area contributed by atoms with E-state index in [-0.39, 0.29) is 35.7 Å². The maximum Gasteiger partial charge on any atom is 0.309 e. The minimum atomic E-state index is -0.679. The molecule has 0 amide bonds. The molecule has 4 nitrogen and oxygen atoms in total. The average Bonchev–Trinajstić information content (AvgIpc) is 2.46. The first-order valence-electron chi connectivity index (χ1n) is 8.44. The van der Waals surface area contributed by atoms with E-state index < -0.39 is 5.97 Å². The first-order valence-corrected chi connectivity index (χ1v) is 8.44. The van der Waals surface area contributed by atoms with Crippen molar-refractivity contribution in [1.82, 2.24) is 0 Å². The van der Waals surface area contributed by atoms with Crippen molar-refractivity contribution in [2.24, 2.45) is 23.7 Å². The van der Waals surface area contributed by atoms with E-state index in [1.807, 2.05) is 13.8 Å². The highest BCUT2D eigenvalue weighted by molar-refractivity contribution is 5.74. The Hall–Kier alpha value is -1.06. The topological polar surface area (TPSA) is 63.6 Å². The van der Waals surface area contributed by atoms with Crippen LogP contribution in [0.25, 0.3) is 0 Å². The van der Waals surface area contributed by atoms with Gasteiger partial charge in [0.15, 0.2) is 0 Å². The van der Waals surface area contributed by atoms with Gasteiger partial charge in [-0.15, -0.1) is 0 Å². The zero-order chi connectivity index (χ0) is 15.4. The van der Waals surface area contributed by atoms with Crippen LogP contribution in [-0.4, -0.2) is 23.1 Å². The van der Waals surface area contributed by atoms with E-state index in [0.717, 1.165) is 51.4 Å². The first-order chi connectivity index (χ1) is 10.0. The highest BCUT2D eigenvalue weighted by Gasteiger charge is 2.43. The van der Waals surface area contributed by atoms with Crippen molar-refractivity contribution in [3.63, 3.8) is 0 Å². The Bertz CT molecular complexity index is 377. The Labute approximate surface area is 127 Å². The molecule has 4 atom stereocenters. The molecule has 0 heterocycles. The van der Waals surface area contributed by atoms with E-state index in [0.29, 0.717) is 0 Å². The minimum Gasteiger partial charge on any atom is -0.481 e. The number of aliphatic carboxylic acids is 1. The Balaban J connectivity index is 2.12. The second-order valence-electron chi connectivity index (χ2n) is 6.93. The van der Waals surface area contributed by atoms with Crippen LogP contribution in [0.3, 0.4) is 0 Å². The molecule has 120 valence electrons. The van der Waals surface area contributed by atoms with Crippen molar-refractivity contribution in [2.45, 2.75) is 71.3 Å². The molecule has 0 spiro atoms. The molecule has 0 saturated heterocycles. The first kappa shape index (κ1) is 16.3. The molecule has 2 rings (SSSR count). The molecule has 21 heavy (non-hydrogen) atoms. The van der Waals surface area contributed by atoms with Gasteiger partial charge < -0.3 is 9.84 Å². The van der Waals surface area contributed by atoms with Crippen molar-refractivity contribution in [1.29, 1.82) is 0 Å². The lowest BCUT2D eigenvalue weighted by Crippen LogP contribution is -2.40. The Morgan fingerprint density at radius 2 is 1.38 bits per heavy atom. The zero-order valence-corrected chi connectivity index (χ0v) is 13.2. The number of carboxylic acid groups (broad SMARTS) is 1. The summed E-state index contributed by atoms with van der Waals surface area (Å²) in [5, 5.41) is 9.49. The largest absolute Gasteiger partial charge is 0.481 e. The summed E-state index contributed by atoms with van der Waals surface area (Å²) in [5.74, 6) is -0.791. The van der Waals surface area contributed by atoms with Gasteiger partial charge >= 0.3 is 11.9 Å². The van der Waals surface area contributed by atoms with Crippen LogP contribution in [0, 0.1) is 23.7 Å². The van der Waals surface area contributed by atoms with Gasteiger partial charge in [0.2, 0.25) is 0 Å². The van der Waals surface area contributed by atoms with Gasteiger partial charge in [-0.25, -0.2) is 0 Å². The number of esters is 1. The molecule has 4 unspecified atom stereocenters. The third kappa shape index (κ3) is 3.98. The molecule has 0 bridgehead atoms. The highest BCUT2D eigenvalue weighted by atomic mass is 16.5. The maximum atomic E-state index is 12.4. The summed E-state index contributed by atoms with van der Waals surface area (Å²) < 4.78 is 5.42. The molecule has 2 fully saturated rings. The smallest absolute Gasteiger partial charge is 0.309 e. The second-order valence-corrected chi connectivity index (χ2v) is 6.93. The minimum absolute atomic E-state index is 0.0916. The van der Waals surface area contributed by atoms with Crippen LogP contribution >= 0.6 is 0 Å². The summed E-state index contributed by atoms with van der Waals surface area (Å²) in [6, 6.07) is 0. The van der Waals surface area contributed by atoms with Crippen molar-refractivity contribution in [3.05, 3.63) is 0 Å². The molecule has 1 N–H and O–H groups in total. The van der Waals surface area contributed by atoms with Crippen molar-refractivity contribution < 1.29 is 19.4 Å². The van der Waals surface area contributed by atoms with E-state index in [2.05, 4.69) is 0 Å². The molecule has 4 heteroatoms. The van der Waals surface area contributed by atoms with Crippen LogP contribution in [0.5, 0.6) is 0 Å². The van der Waals surface area contributed by atoms with Gasteiger partial charge in [0.1, 0.15) is 0 Å². The standard InChI is InChI=1S/C17H28O4/c1-11(2)21-17(20)15-10-6-4-8-13(15)12-7-3-5-9-14(12)16(18)19/h11-15H,3-10H2,1-2H3,(H,18,19). The molecule has 2 aliphatic carbocycles. The summed E-state index contributed by atoms with van der Waals surface area (Å²) in [6.07, 6.45) is 7.72. The van der Waals surface area contributed by atoms with E-state index in [4.69, 9.17) is 4.74 Å². The quantitative estimate of drug-likeness (QED) is 0.805. The summed E-state index contributed by atoms with van der Waals surface area (Å²) in [4.78, 5) is 23.9. The molecule has 0 aliphatic heterocycles. The van der Waals surface area contributed by atoms with Crippen LogP contribution in [-0.2, 0) is 14.3 Å². The Morgan fingerprint density at radius 1 is 0.905 bits per heavy atom. The number of carbonyl (C=O) groups is 2. The number of carboxylic acids is 1. The van der Waals surface area contributed by atoms with E-state index in [1.165, 1.54) is 0 Å². The summed E-state index contributed by atoms with van der Waals surface area (Å²) in [7, 11) is 0. The molecule has 0 aromatic rings. The van der Waals surface area contributed by atoms with E-state index >= 15 is 0 Å². The van der Waals surface area contributed by atoms with Crippen LogP contribution in [0.4, 0.5) is 0 Å². The van der Waals surface area contributed by atoms with Gasteiger partial charge in [-0.3, -0.25) is 9.59 Å². The lowest BCUT2D eigenvalue weighted by Gasteiger charge is -2.40. The number of rotatable bonds is 4. The SMILES string of the molecule is CC(C)OC(=O)C1CCCCC1C1CCCCC1C(=O)O. The Morgan fingerprint density at radius 3 is 1.90 bits per heavy atom. The predicted octanol–water partition coefficient (Wildman–Crippen LogP) is 3.64. The maximum absolute atomic E-state index is 12.4. The molecule has 0 radical (unpaired) electrons. The number of hydrogen-bond acceptors (Lipinski definition) is 3. The molecule has 0 aromatic carbocycles. The zero-order valence-electron chi connectivity index (χ0n) is 13.2. The van der Waals surface area contributed by atoms with Gasteiger partial charge in [-0.05, 0) is 51.4 Å². The lowest BCUT2D eigenvalue weighted by atomic mass is 9.64. The van der Waals surface area contributed by atoms with Crippen LogP contribution < -0.4 is 0 Å². The molecular formula is C17H28O4. The summed E-state index contributed by atoms with van der Waals surface area (Å²) in [5.41, 5.74) is 0. The van der Waals surface area contributed by atoms with Gasteiger partial charge in [0.05, 0.1) is 17.9 Å². The van der Waals surface area contributed by atoms with Gasteiger partial charge in [-0.1, -0.05) is 25.7 Å². The fourth-order valence-electron chi connectivity index (χ4n) is 4.26. The van der Waals surface area contributed by atoms with Crippen LogP contribution in [0.2, 0.25) is 0 Å². The van der Waals surface area contributed by atoms with Crippen LogP contribution in [0.1, 0.15) is 65.2 Å². The lowest BCUT2D eigenvalue weighted by molar-refractivity contribution is -0.160. The molecule has 2 saturated carbocycles. The average molecular weight is 296 g/mol. The monoisotopic (exact) mass is 296 g/mol. The van der Waals surface area contributed by atoms with Crippen molar-refractivity contribution in [2.75, 3.05) is 0 Å². The number of ether oxygens (including phenoxy) is 1. The van der Waals surface area contributed by atoms with Gasteiger partial charge in [-0.2, -0.15) is 0 Å². The molecular weight excluding hydrogens is 268 g/mol. The fraction of sp³-hybridized carbons (Fsp3) is 0.882. The normalized spacial score (nSPS) is 33.7. The summed E-state index contributed by atoms with van der Waals surface area (Å²) in [6.45, 7) is 3.74. The van der Waals surface area contributed by atoms with E-state index in [1.54, 1.807) is 0 Å². The number of carbonyl (C=O) groups excluding carboxylic acids is 1. The van der Waals surface area contributed by atoms with Crippen molar-refractivity contribution in [3.8, 4) is 0 Å². The third-order valence-electron chi connectivity index (χ3n) is 5.16. The van der Waals surface area contributed by atoms with E-state index in [9.17, 15) is 14.7 Å². The third-order valence-corrected chi connectivity index (χ3v) is 5.16. The Kier molecular flexibility index (Phi) is 5.65. The second kappa shape index (κ2) is 7.28. The fourth-order valence-corrected chi connectivity index (χ4v) is 4.26. The summed E-state index contributed by atoms with van der Waals surface area (Å²) >= 11 is 0. The van der Waals surface area contributed by atoms with Crippen molar-refractivity contribution >= 4 is 11.9 Å². The molecule has 0 aromatic heterocycles. The van der Waals surface area contributed by atoms with Gasteiger partial charge in [0.25, 0.3) is 0 Å². The highest BCUT2D eigenvalue weighted by Crippen LogP contribution is 2.44. The van der Waals surface area contributed by atoms with Gasteiger partial charge in [0, 0.05) is 0 Å². The van der Waals surface area contributed by atoms with Crippen LogP contribution in [0.15, 0.2) is 0 Å². The number of hydrogen-bond donors (Lipinski definition) is 1. The predicted molar refractivity (Wildman–Crippen MR) is 79.8 cm³/mol.